The summed E-state index contributed by atoms with van der Waals surface area (Å²) in [5.41, 5.74) is 3.52. The number of carbonyl (C=O) groups excluding carboxylic acids is 1. The second-order valence-corrected chi connectivity index (χ2v) is 8.57. The SMILES string of the molecule is CNC(=O)Nc1ccc(-c2nc3c(c(N4CCOCC4C)n2)CCN(c2ncc(F)cn2)C3)cc1. The predicted octanol–water partition coefficient (Wildman–Crippen LogP) is 2.61. The number of hydrogen-bond acceptors (Lipinski definition) is 8. The Bertz CT molecular complexity index is 1210. The molecule has 0 saturated carbocycles. The Hall–Kier alpha value is -3.86. The molecule has 1 atom stereocenters. The molecule has 2 N–H and O–H groups in total. The molecule has 0 radical (unpaired) electrons. The lowest BCUT2D eigenvalue weighted by Gasteiger charge is -2.37. The van der Waals surface area contributed by atoms with Gasteiger partial charge in [-0.1, -0.05) is 0 Å². The number of benzene rings is 1. The Balaban J connectivity index is 1.51. The molecule has 182 valence electrons. The average Bonchev–Trinajstić information content (AvgIpc) is 2.89. The summed E-state index contributed by atoms with van der Waals surface area (Å²) in [6.45, 7) is 5.36. The second-order valence-electron chi connectivity index (χ2n) is 8.57. The number of nitrogens with zero attached hydrogens (tertiary/aromatic N) is 6. The Kier molecular flexibility index (Phi) is 6.41. The van der Waals surface area contributed by atoms with Gasteiger partial charge in [0.1, 0.15) is 5.82 Å². The van der Waals surface area contributed by atoms with Crippen LogP contribution in [0, 0.1) is 5.82 Å². The van der Waals surface area contributed by atoms with Crippen molar-refractivity contribution in [3.05, 3.63) is 53.7 Å². The summed E-state index contributed by atoms with van der Waals surface area (Å²) in [4.78, 5) is 34.1. The van der Waals surface area contributed by atoms with E-state index < -0.39 is 5.82 Å². The minimum atomic E-state index is -0.464. The molecule has 2 amide bonds. The second kappa shape index (κ2) is 9.79. The lowest BCUT2D eigenvalue weighted by molar-refractivity contribution is 0.0984. The molecule has 0 aliphatic carbocycles. The van der Waals surface area contributed by atoms with Gasteiger partial charge >= 0.3 is 6.03 Å². The van der Waals surface area contributed by atoms with Gasteiger partial charge in [0.25, 0.3) is 0 Å². The number of fused-ring (bicyclic) bond motifs is 1. The number of morpholine rings is 1. The summed E-state index contributed by atoms with van der Waals surface area (Å²) in [6.07, 6.45) is 3.09. The zero-order chi connectivity index (χ0) is 24.4. The lowest BCUT2D eigenvalue weighted by atomic mass is 10.0. The normalized spacial score (nSPS) is 17.6. The van der Waals surface area contributed by atoms with Gasteiger partial charge in [0, 0.05) is 37.0 Å². The minimum absolute atomic E-state index is 0.188. The Morgan fingerprint density at radius 2 is 1.91 bits per heavy atom. The van der Waals surface area contributed by atoms with E-state index in [-0.39, 0.29) is 12.1 Å². The summed E-state index contributed by atoms with van der Waals surface area (Å²) in [6, 6.07) is 7.33. The number of nitrogens with one attached hydrogen (secondary N) is 2. The van der Waals surface area contributed by atoms with Crippen LogP contribution in [0.1, 0.15) is 18.2 Å². The van der Waals surface area contributed by atoms with E-state index in [1.165, 1.54) is 12.4 Å². The van der Waals surface area contributed by atoms with Crippen molar-refractivity contribution in [2.45, 2.75) is 25.9 Å². The topological polar surface area (TPSA) is 108 Å². The number of carbonyl (C=O) groups is 1. The number of urea groups is 1. The molecule has 2 aromatic heterocycles. The van der Waals surface area contributed by atoms with Gasteiger partial charge < -0.3 is 25.2 Å². The first-order valence-corrected chi connectivity index (χ1v) is 11.6. The highest BCUT2D eigenvalue weighted by atomic mass is 19.1. The zero-order valence-corrected chi connectivity index (χ0v) is 19.7. The molecule has 0 spiro atoms. The molecule has 0 bridgehead atoms. The Labute approximate surface area is 202 Å². The van der Waals surface area contributed by atoms with Crippen LogP contribution in [0.5, 0.6) is 0 Å². The van der Waals surface area contributed by atoms with Crippen LogP contribution in [0.2, 0.25) is 0 Å². The maximum Gasteiger partial charge on any atom is 0.318 e. The van der Waals surface area contributed by atoms with Crippen molar-refractivity contribution >= 4 is 23.5 Å². The highest BCUT2D eigenvalue weighted by molar-refractivity contribution is 5.89. The van der Waals surface area contributed by atoms with E-state index in [0.29, 0.717) is 43.8 Å². The van der Waals surface area contributed by atoms with Gasteiger partial charge in [-0.15, -0.1) is 0 Å². The van der Waals surface area contributed by atoms with Gasteiger partial charge in [-0.05, 0) is 37.6 Å². The molecule has 11 heteroatoms. The molecule has 1 aromatic carbocycles. The predicted molar refractivity (Wildman–Crippen MR) is 130 cm³/mol. The summed E-state index contributed by atoms with van der Waals surface area (Å²) in [7, 11) is 1.57. The van der Waals surface area contributed by atoms with Crippen molar-refractivity contribution in [3.8, 4) is 11.4 Å². The average molecular weight is 479 g/mol. The highest BCUT2D eigenvalue weighted by Crippen LogP contribution is 2.32. The standard InChI is InChI=1S/C24H27FN8O2/c1-15-14-35-10-9-33(15)22-19-7-8-32(23-27-11-17(25)12-28-23)13-20(19)30-21(31-22)16-3-5-18(6-4-16)29-24(34)26-2/h3-6,11-12,15H,7-10,13-14H2,1-2H3,(H2,26,29,34). The first kappa shape index (κ1) is 22.9. The molecule has 1 unspecified atom stereocenters. The molecular weight excluding hydrogens is 451 g/mol. The van der Waals surface area contributed by atoms with E-state index in [0.717, 1.165) is 35.6 Å². The van der Waals surface area contributed by atoms with Gasteiger partial charge in [-0.3, -0.25) is 0 Å². The number of ether oxygens (including phenoxy) is 1. The fraction of sp³-hybridized carbons (Fsp3) is 0.375. The van der Waals surface area contributed by atoms with E-state index in [4.69, 9.17) is 14.7 Å². The summed E-state index contributed by atoms with van der Waals surface area (Å²) in [5, 5.41) is 5.29. The van der Waals surface area contributed by atoms with Crippen LogP contribution < -0.4 is 20.4 Å². The molecule has 1 saturated heterocycles. The van der Waals surface area contributed by atoms with Crippen LogP contribution in [0.15, 0.2) is 36.7 Å². The summed E-state index contributed by atoms with van der Waals surface area (Å²) in [5.74, 6) is 1.54. The number of aromatic nitrogens is 4. The van der Waals surface area contributed by atoms with E-state index in [1.807, 2.05) is 29.2 Å². The monoisotopic (exact) mass is 478 g/mol. The van der Waals surface area contributed by atoms with Crippen molar-refractivity contribution in [2.75, 3.05) is 48.5 Å². The van der Waals surface area contributed by atoms with Crippen molar-refractivity contribution in [3.63, 3.8) is 0 Å². The van der Waals surface area contributed by atoms with E-state index >= 15 is 0 Å². The van der Waals surface area contributed by atoms with Crippen molar-refractivity contribution in [1.29, 1.82) is 0 Å². The fourth-order valence-corrected chi connectivity index (χ4v) is 4.35. The van der Waals surface area contributed by atoms with E-state index in [1.54, 1.807) is 7.05 Å². The maximum absolute atomic E-state index is 13.3. The van der Waals surface area contributed by atoms with Crippen LogP contribution in [0.25, 0.3) is 11.4 Å². The minimum Gasteiger partial charge on any atom is -0.377 e. The fourth-order valence-electron chi connectivity index (χ4n) is 4.35. The third-order valence-electron chi connectivity index (χ3n) is 6.20. The van der Waals surface area contributed by atoms with E-state index in [9.17, 15) is 9.18 Å². The number of amides is 2. The highest BCUT2D eigenvalue weighted by Gasteiger charge is 2.29. The zero-order valence-electron chi connectivity index (χ0n) is 19.7. The summed E-state index contributed by atoms with van der Waals surface area (Å²) >= 11 is 0. The number of halogens is 1. The van der Waals surface area contributed by atoms with Crippen LogP contribution in [-0.2, 0) is 17.7 Å². The van der Waals surface area contributed by atoms with Gasteiger partial charge in [0.2, 0.25) is 5.95 Å². The molecular formula is C24H27FN8O2. The van der Waals surface area contributed by atoms with Crippen LogP contribution in [0.4, 0.5) is 26.6 Å². The molecule has 2 aliphatic rings. The molecule has 2 aliphatic heterocycles. The number of hydrogen-bond donors (Lipinski definition) is 2. The molecule has 10 nitrogen and oxygen atoms in total. The number of anilines is 3. The van der Waals surface area contributed by atoms with Gasteiger partial charge in [0.05, 0.1) is 43.9 Å². The van der Waals surface area contributed by atoms with Crippen molar-refractivity contribution in [1.82, 2.24) is 25.3 Å². The molecule has 4 heterocycles. The molecule has 3 aromatic rings. The molecule has 5 rings (SSSR count). The number of rotatable bonds is 4. The largest absolute Gasteiger partial charge is 0.377 e. The Morgan fingerprint density at radius 1 is 1.14 bits per heavy atom. The Morgan fingerprint density at radius 3 is 2.63 bits per heavy atom. The van der Waals surface area contributed by atoms with Crippen LogP contribution in [0.3, 0.4) is 0 Å². The van der Waals surface area contributed by atoms with Crippen LogP contribution in [-0.4, -0.2) is 65.4 Å². The van der Waals surface area contributed by atoms with Crippen molar-refractivity contribution < 1.29 is 13.9 Å². The molecule has 35 heavy (non-hydrogen) atoms. The quantitative estimate of drug-likeness (QED) is 0.589. The maximum atomic E-state index is 13.3. The van der Waals surface area contributed by atoms with Gasteiger partial charge in [-0.2, -0.15) is 0 Å². The van der Waals surface area contributed by atoms with E-state index in [2.05, 4.69) is 32.4 Å². The van der Waals surface area contributed by atoms with Crippen LogP contribution >= 0.6 is 0 Å². The molecule has 1 fully saturated rings. The van der Waals surface area contributed by atoms with Gasteiger partial charge in [0.15, 0.2) is 11.6 Å². The van der Waals surface area contributed by atoms with Crippen molar-refractivity contribution in [2.24, 2.45) is 0 Å². The third-order valence-corrected chi connectivity index (χ3v) is 6.20. The first-order chi connectivity index (χ1) is 17.0. The third kappa shape index (κ3) is 4.85. The summed E-state index contributed by atoms with van der Waals surface area (Å²) < 4.78 is 19.0. The first-order valence-electron chi connectivity index (χ1n) is 11.6. The lowest BCUT2D eigenvalue weighted by Crippen LogP contribution is -2.45. The smallest absolute Gasteiger partial charge is 0.318 e. The van der Waals surface area contributed by atoms with Gasteiger partial charge in [-0.25, -0.2) is 29.1 Å².